The van der Waals surface area contributed by atoms with Gasteiger partial charge in [0.25, 0.3) is 0 Å². The van der Waals surface area contributed by atoms with Gasteiger partial charge in [-0.2, -0.15) is 0 Å². The molecule has 0 aliphatic rings. The van der Waals surface area contributed by atoms with Gasteiger partial charge in [-0.05, 0) is 116 Å². The third-order valence-corrected chi connectivity index (χ3v) is 14.6. The highest BCUT2D eigenvalue weighted by molar-refractivity contribution is 5.71. The molecule has 0 aromatic heterocycles. The molecule has 0 amide bonds. The Kier molecular flexibility index (Phi) is 66.3. The fourth-order valence-electron chi connectivity index (χ4n) is 9.48. The van der Waals surface area contributed by atoms with Crippen molar-refractivity contribution >= 4 is 17.9 Å². The van der Waals surface area contributed by atoms with Crippen LogP contribution in [0, 0.1) is 0 Å². The molecule has 1 atom stereocenters. The van der Waals surface area contributed by atoms with Gasteiger partial charge >= 0.3 is 17.9 Å². The van der Waals surface area contributed by atoms with E-state index in [1.165, 1.54) is 161 Å². The molecule has 0 aromatic carbocycles. The van der Waals surface area contributed by atoms with E-state index in [4.69, 9.17) is 14.2 Å². The first-order chi connectivity index (χ1) is 41.0. The predicted molar refractivity (Wildman–Crippen MR) is 362 cm³/mol. The summed E-state index contributed by atoms with van der Waals surface area (Å²) in [7, 11) is 0. The number of hydrogen-bond donors (Lipinski definition) is 0. The minimum absolute atomic E-state index is 0.0981. The van der Waals surface area contributed by atoms with Crippen LogP contribution >= 0.6 is 0 Å². The number of ether oxygens (including phenoxy) is 3. The van der Waals surface area contributed by atoms with E-state index in [9.17, 15) is 14.4 Å². The van der Waals surface area contributed by atoms with Crippen LogP contribution in [0.4, 0.5) is 0 Å². The summed E-state index contributed by atoms with van der Waals surface area (Å²) in [6, 6.07) is 0. The van der Waals surface area contributed by atoms with Gasteiger partial charge in [-0.1, -0.05) is 315 Å². The van der Waals surface area contributed by atoms with Gasteiger partial charge in [-0.3, -0.25) is 14.4 Å². The normalized spacial score (nSPS) is 13.0. The summed E-state index contributed by atoms with van der Waals surface area (Å²) in [4.78, 5) is 38.4. The summed E-state index contributed by atoms with van der Waals surface area (Å²) in [5, 5.41) is 0. The smallest absolute Gasteiger partial charge is 0.306 e. The zero-order valence-corrected chi connectivity index (χ0v) is 54.2. The van der Waals surface area contributed by atoms with Crippen LogP contribution in [0.3, 0.4) is 0 Å². The average molecular weight is 1150 g/mol. The van der Waals surface area contributed by atoms with Gasteiger partial charge in [0.15, 0.2) is 6.10 Å². The van der Waals surface area contributed by atoms with E-state index in [0.29, 0.717) is 19.3 Å². The minimum Gasteiger partial charge on any atom is -0.462 e. The predicted octanol–water partition coefficient (Wildman–Crippen LogP) is 24.1. The highest BCUT2D eigenvalue weighted by Crippen LogP contribution is 2.16. The Morgan fingerprint density at radius 3 is 0.807 bits per heavy atom. The molecule has 0 spiro atoms. The highest BCUT2D eigenvalue weighted by Gasteiger charge is 2.19. The van der Waals surface area contributed by atoms with E-state index >= 15 is 0 Å². The highest BCUT2D eigenvalue weighted by atomic mass is 16.6. The van der Waals surface area contributed by atoms with Crippen molar-refractivity contribution in [2.24, 2.45) is 0 Å². The first-order valence-corrected chi connectivity index (χ1v) is 34.7. The maximum Gasteiger partial charge on any atom is 0.306 e. The molecule has 0 radical (unpaired) electrons. The summed E-state index contributed by atoms with van der Waals surface area (Å²) in [5.74, 6) is -0.955. The van der Waals surface area contributed by atoms with E-state index in [2.05, 4.69) is 154 Å². The quantitative estimate of drug-likeness (QED) is 0.0261. The molecule has 0 bridgehead atoms. The zero-order chi connectivity index (χ0) is 59.9. The van der Waals surface area contributed by atoms with Crippen molar-refractivity contribution in [3.05, 3.63) is 134 Å². The molecule has 6 heteroatoms. The average Bonchev–Trinajstić information content (AvgIpc) is 3.49. The van der Waals surface area contributed by atoms with Gasteiger partial charge in [0.1, 0.15) is 13.2 Å². The molecule has 472 valence electrons. The molecule has 83 heavy (non-hydrogen) atoms. The van der Waals surface area contributed by atoms with Crippen LogP contribution < -0.4 is 0 Å². The molecule has 0 N–H and O–H groups in total. The van der Waals surface area contributed by atoms with Crippen molar-refractivity contribution in [3.63, 3.8) is 0 Å². The zero-order valence-electron chi connectivity index (χ0n) is 54.2. The molecular formula is C77H128O6. The molecule has 0 rings (SSSR count). The second-order valence-electron chi connectivity index (χ2n) is 22.7. The number of allylic oxidation sites excluding steroid dienone is 22. The minimum atomic E-state index is -0.809. The molecular weight excluding hydrogens is 1020 g/mol. The number of hydrogen-bond acceptors (Lipinski definition) is 6. The first-order valence-electron chi connectivity index (χ1n) is 34.7. The maximum atomic E-state index is 12.9. The molecule has 0 fully saturated rings. The van der Waals surface area contributed by atoms with Crippen molar-refractivity contribution < 1.29 is 28.6 Å². The van der Waals surface area contributed by atoms with Gasteiger partial charge in [-0.15, -0.1) is 0 Å². The lowest BCUT2D eigenvalue weighted by Gasteiger charge is -2.18. The summed E-state index contributed by atoms with van der Waals surface area (Å²) in [6.45, 7) is 6.48. The summed E-state index contributed by atoms with van der Waals surface area (Å²) in [6.07, 6.45) is 99.0. The monoisotopic (exact) mass is 1150 g/mol. The SMILES string of the molecule is CC/C=C\C/C=C\C/C=C\C/C=C\C/C=C\C/C=C\C/C=C\C/C=C\C/C=C\CCCC(=O)OCC(COC(=O)CCCCCCCCCCCCCCCCCCC)OC(=O)CCCCCCCCCCC/C=C\C/C=C\CCCCC. The molecule has 0 saturated carbocycles. The molecule has 0 saturated heterocycles. The number of carbonyl (C=O) groups excluding carboxylic acids is 3. The summed E-state index contributed by atoms with van der Waals surface area (Å²) in [5.41, 5.74) is 0. The maximum absolute atomic E-state index is 12.9. The number of rotatable bonds is 62. The number of esters is 3. The van der Waals surface area contributed by atoms with Crippen LogP contribution in [-0.4, -0.2) is 37.2 Å². The Morgan fingerprint density at radius 1 is 0.253 bits per heavy atom. The second kappa shape index (κ2) is 70.0. The van der Waals surface area contributed by atoms with E-state index in [1.807, 2.05) is 0 Å². The van der Waals surface area contributed by atoms with Gasteiger partial charge in [0.05, 0.1) is 0 Å². The lowest BCUT2D eigenvalue weighted by atomic mass is 10.0. The Bertz CT molecular complexity index is 1750. The fourth-order valence-corrected chi connectivity index (χ4v) is 9.48. The van der Waals surface area contributed by atoms with Crippen molar-refractivity contribution in [3.8, 4) is 0 Å². The van der Waals surface area contributed by atoms with Gasteiger partial charge < -0.3 is 14.2 Å². The standard InChI is InChI=1S/C77H128O6/c1-4-7-10-13-16-19-22-25-28-31-33-34-35-36-37-38-39-40-41-42-44-46-49-52-55-58-61-64-67-70-76(79)82-73-74(72-81-75(78)69-66-63-60-57-54-51-48-45-30-27-24-21-18-15-12-9-6-3)83-77(80)71-68-65-62-59-56-53-50-47-43-32-29-26-23-20-17-14-11-8-5-2/h7,10,16-17,19-20,25-26,28-29,33-34,36-37,39-40,42,44,49,52,58,61,74H,4-6,8-9,11-15,18,21-24,27,30-32,35,38,41,43,45-48,50-51,53-57,59-60,62-73H2,1-3H3/b10-7-,19-16-,20-17-,28-25-,29-26-,34-33-,37-36-,40-39-,44-42-,52-49-,61-58-. The molecule has 0 heterocycles. The third kappa shape index (κ3) is 68.2. The van der Waals surface area contributed by atoms with Crippen LogP contribution in [0.2, 0.25) is 0 Å². The molecule has 0 aromatic rings. The first kappa shape index (κ1) is 78.5. The number of carbonyl (C=O) groups is 3. The Labute approximate surface area is 513 Å². The lowest BCUT2D eigenvalue weighted by molar-refractivity contribution is -0.167. The van der Waals surface area contributed by atoms with Gasteiger partial charge in [0.2, 0.25) is 0 Å². The second-order valence-corrected chi connectivity index (χ2v) is 22.7. The fraction of sp³-hybridized carbons (Fsp3) is 0.675. The molecule has 1 unspecified atom stereocenters. The van der Waals surface area contributed by atoms with Gasteiger partial charge in [0, 0.05) is 19.3 Å². The summed E-state index contributed by atoms with van der Waals surface area (Å²) >= 11 is 0. The van der Waals surface area contributed by atoms with E-state index in [-0.39, 0.29) is 37.5 Å². The lowest BCUT2D eigenvalue weighted by Crippen LogP contribution is -2.30. The summed E-state index contributed by atoms with van der Waals surface area (Å²) < 4.78 is 16.9. The van der Waals surface area contributed by atoms with E-state index < -0.39 is 6.10 Å². The third-order valence-electron chi connectivity index (χ3n) is 14.6. The van der Waals surface area contributed by atoms with Crippen LogP contribution in [0.15, 0.2) is 134 Å². The molecule has 6 nitrogen and oxygen atoms in total. The Hall–Kier alpha value is -4.45. The van der Waals surface area contributed by atoms with E-state index in [1.54, 1.807) is 0 Å². The van der Waals surface area contributed by atoms with Crippen LogP contribution in [0.5, 0.6) is 0 Å². The van der Waals surface area contributed by atoms with Crippen LogP contribution in [0.1, 0.15) is 316 Å². The van der Waals surface area contributed by atoms with Crippen molar-refractivity contribution in [2.45, 2.75) is 322 Å². The topological polar surface area (TPSA) is 78.9 Å². The van der Waals surface area contributed by atoms with Crippen molar-refractivity contribution in [1.29, 1.82) is 0 Å². The van der Waals surface area contributed by atoms with Crippen LogP contribution in [-0.2, 0) is 28.6 Å². The largest absolute Gasteiger partial charge is 0.462 e. The van der Waals surface area contributed by atoms with E-state index in [0.717, 1.165) is 109 Å². The molecule has 0 aliphatic heterocycles. The Balaban J connectivity index is 4.47. The van der Waals surface area contributed by atoms with Gasteiger partial charge in [-0.25, -0.2) is 0 Å². The van der Waals surface area contributed by atoms with Crippen molar-refractivity contribution in [2.75, 3.05) is 13.2 Å². The molecule has 0 aliphatic carbocycles. The van der Waals surface area contributed by atoms with Crippen LogP contribution in [0.25, 0.3) is 0 Å². The van der Waals surface area contributed by atoms with Crippen molar-refractivity contribution in [1.82, 2.24) is 0 Å². The number of unbranched alkanes of at least 4 members (excludes halogenated alkanes) is 29. The Morgan fingerprint density at radius 2 is 0.482 bits per heavy atom.